The first-order valence-electron chi connectivity index (χ1n) is 3.73. The van der Waals surface area contributed by atoms with E-state index in [1.54, 1.807) is 22.7 Å². The van der Waals surface area contributed by atoms with E-state index in [-0.39, 0.29) is 0 Å². The van der Waals surface area contributed by atoms with Gasteiger partial charge in [-0.2, -0.15) is 0 Å². The molecule has 1 atom stereocenters. The molecule has 2 aromatic heterocycles. The maximum absolute atomic E-state index is 9.91. The monoisotopic (exact) mass is 322 g/mol. The summed E-state index contributed by atoms with van der Waals surface area (Å²) in [5, 5.41) is 13.9. The number of aliphatic hydroxyl groups is 1. The van der Waals surface area contributed by atoms with Crippen molar-refractivity contribution in [3.8, 4) is 0 Å². The SMILES string of the molecule is OC(c1csc(I)c1)c1cccs1. The Labute approximate surface area is 98.2 Å². The van der Waals surface area contributed by atoms with Gasteiger partial charge in [-0.25, -0.2) is 0 Å². The molecule has 0 saturated heterocycles. The number of halogens is 1. The Morgan fingerprint density at radius 3 is 2.77 bits per heavy atom. The van der Waals surface area contributed by atoms with E-state index in [0.717, 1.165) is 10.4 Å². The predicted octanol–water partition coefficient (Wildman–Crippen LogP) is 3.50. The van der Waals surface area contributed by atoms with Crippen molar-refractivity contribution in [2.75, 3.05) is 0 Å². The van der Waals surface area contributed by atoms with Crippen LogP contribution in [0.15, 0.2) is 29.0 Å². The highest BCUT2D eigenvalue weighted by molar-refractivity contribution is 14.1. The minimum absolute atomic E-state index is 0.445. The Morgan fingerprint density at radius 2 is 2.23 bits per heavy atom. The van der Waals surface area contributed by atoms with Crippen LogP contribution in [0.2, 0.25) is 0 Å². The first-order valence-corrected chi connectivity index (χ1v) is 6.56. The molecular weight excluding hydrogens is 315 g/mol. The number of rotatable bonds is 2. The van der Waals surface area contributed by atoms with Gasteiger partial charge in [0.05, 0.1) is 2.88 Å². The van der Waals surface area contributed by atoms with Gasteiger partial charge in [-0.3, -0.25) is 0 Å². The highest BCUT2D eigenvalue weighted by Crippen LogP contribution is 2.29. The van der Waals surface area contributed by atoms with Crippen molar-refractivity contribution >= 4 is 45.3 Å². The smallest absolute Gasteiger partial charge is 0.114 e. The Hall–Kier alpha value is 0.0900. The van der Waals surface area contributed by atoms with Gasteiger partial charge < -0.3 is 5.11 Å². The van der Waals surface area contributed by atoms with E-state index in [2.05, 4.69) is 22.6 Å². The van der Waals surface area contributed by atoms with Crippen LogP contribution in [0.3, 0.4) is 0 Å². The van der Waals surface area contributed by atoms with Crippen molar-refractivity contribution in [1.29, 1.82) is 0 Å². The normalized spacial score (nSPS) is 13.1. The number of hydrogen-bond donors (Lipinski definition) is 1. The molecule has 2 rings (SSSR count). The maximum atomic E-state index is 9.91. The van der Waals surface area contributed by atoms with E-state index in [1.807, 2.05) is 29.0 Å². The molecular formula is C9H7IOS2. The third-order valence-electron chi connectivity index (χ3n) is 1.72. The highest BCUT2D eigenvalue weighted by atomic mass is 127. The van der Waals surface area contributed by atoms with Crippen LogP contribution in [0.1, 0.15) is 16.5 Å². The van der Waals surface area contributed by atoms with Crippen molar-refractivity contribution in [2.24, 2.45) is 0 Å². The second-order valence-electron chi connectivity index (χ2n) is 2.60. The highest BCUT2D eigenvalue weighted by Gasteiger charge is 2.12. The van der Waals surface area contributed by atoms with Crippen molar-refractivity contribution in [1.82, 2.24) is 0 Å². The summed E-state index contributed by atoms with van der Waals surface area (Å²) in [4.78, 5) is 1.01. The Kier molecular flexibility index (Phi) is 3.02. The van der Waals surface area contributed by atoms with Gasteiger partial charge in [0.15, 0.2) is 0 Å². The fourth-order valence-corrected chi connectivity index (χ4v) is 3.21. The largest absolute Gasteiger partial charge is 0.383 e. The van der Waals surface area contributed by atoms with Crippen molar-refractivity contribution in [3.63, 3.8) is 0 Å². The average molecular weight is 322 g/mol. The van der Waals surface area contributed by atoms with E-state index in [1.165, 1.54) is 2.88 Å². The summed E-state index contributed by atoms with van der Waals surface area (Å²) in [6, 6.07) is 5.94. The number of hydrogen-bond acceptors (Lipinski definition) is 3. The van der Waals surface area contributed by atoms with E-state index in [4.69, 9.17) is 0 Å². The maximum Gasteiger partial charge on any atom is 0.114 e. The summed E-state index contributed by atoms with van der Waals surface area (Å²) in [7, 11) is 0. The molecule has 0 fully saturated rings. The molecule has 2 heterocycles. The van der Waals surface area contributed by atoms with Crippen molar-refractivity contribution in [3.05, 3.63) is 42.3 Å². The van der Waals surface area contributed by atoms with E-state index >= 15 is 0 Å². The molecule has 1 unspecified atom stereocenters. The third kappa shape index (κ3) is 2.12. The minimum Gasteiger partial charge on any atom is -0.383 e. The van der Waals surface area contributed by atoms with Gasteiger partial charge in [0.1, 0.15) is 6.10 Å². The first kappa shape index (κ1) is 9.64. The zero-order valence-corrected chi connectivity index (χ0v) is 10.4. The second-order valence-corrected chi connectivity index (χ2v) is 6.39. The average Bonchev–Trinajstić information content (AvgIpc) is 2.72. The third-order valence-corrected chi connectivity index (χ3v) is 4.45. The van der Waals surface area contributed by atoms with Gasteiger partial charge in [0.2, 0.25) is 0 Å². The van der Waals surface area contributed by atoms with Crippen LogP contribution in [-0.2, 0) is 0 Å². The van der Waals surface area contributed by atoms with Gasteiger partial charge in [-0.15, -0.1) is 22.7 Å². The lowest BCUT2D eigenvalue weighted by molar-refractivity contribution is 0.224. The molecule has 4 heteroatoms. The Bertz CT molecular complexity index is 380. The molecule has 0 spiro atoms. The molecule has 0 aliphatic rings. The summed E-state index contributed by atoms with van der Waals surface area (Å²) >= 11 is 5.51. The molecule has 1 nitrogen and oxygen atoms in total. The summed E-state index contributed by atoms with van der Waals surface area (Å²) in [6.07, 6.45) is -0.445. The first-order chi connectivity index (χ1) is 6.27. The number of aliphatic hydroxyl groups excluding tert-OH is 1. The summed E-state index contributed by atoms with van der Waals surface area (Å²) in [5.74, 6) is 0. The van der Waals surface area contributed by atoms with Gasteiger partial charge in [-0.1, -0.05) is 6.07 Å². The van der Waals surface area contributed by atoms with Crippen LogP contribution in [0, 0.1) is 2.88 Å². The van der Waals surface area contributed by atoms with Crippen LogP contribution in [0.5, 0.6) is 0 Å². The molecule has 0 bridgehead atoms. The molecule has 2 aromatic rings. The zero-order chi connectivity index (χ0) is 9.26. The van der Waals surface area contributed by atoms with Crippen LogP contribution in [0.4, 0.5) is 0 Å². The second kappa shape index (κ2) is 4.08. The topological polar surface area (TPSA) is 20.2 Å². The van der Waals surface area contributed by atoms with Crippen LogP contribution >= 0.6 is 45.3 Å². The minimum atomic E-state index is -0.445. The van der Waals surface area contributed by atoms with Crippen molar-refractivity contribution in [2.45, 2.75) is 6.10 Å². The molecule has 68 valence electrons. The van der Waals surface area contributed by atoms with Crippen LogP contribution in [-0.4, -0.2) is 5.11 Å². The fourth-order valence-electron chi connectivity index (χ4n) is 1.08. The Morgan fingerprint density at radius 1 is 1.38 bits per heavy atom. The summed E-state index contributed by atoms with van der Waals surface area (Å²) in [6.45, 7) is 0. The molecule has 0 aliphatic heterocycles. The van der Waals surface area contributed by atoms with Crippen molar-refractivity contribution < 1.29 is 5.11 Å². The van der Waals surface area contributed by atoms with E-state index < -0.39 is 6.10 Å². The molecule has 1 N–H and O–H groups in total. The lowest BCUT2D eigenvalue weighted by Gasteiger charge is -2.04. The molecule has 0 radical (unpaired) electrons. The standard InChI is InChI=1S/C9H7IOS2/c10-8-4-6(5-13-8)9(11)7-2-1-3-12-7/h1-5,9,11H. The summed E-state index contributed by atoms with van der Waals surface area (Å²) < 4.78 is 1.21. The van der Waals surface area contributed by atoms with E-state index in [0.29, 0.717) is 0 Å². The molecule has 0 amide bonds. The summed E-state index contributed by atoms with van der Waals surface area (Å²) in [5.41, 5.74) is 0.997. The lowest BCUT2D eigenvalue weighted by Crippen LogP contribution is -1.93. The number of thiophene rings is 2. The van der Waals surface area contributed by atoms with Gasteiger partial charge in [0.25, 0.3) is 0 Å². The van der Waals surface area contributed by atoms with Gasteiger partial charge >= 0.3 is 0 Å². The predicted molar refractivity (Wildman–Crippen MR) is 65.4 cm³/mol. The van der Waals surface area contributed by atoms with E-state index in [9.17, 15) is 5.11 Å². The van der Waals surface area contributed by atoms with Crippen LogP contribution < -0.4 is 0 Å². The molecule has 0 saturated carbocycles. The lowest BCUT2D eigenvalue weighted by atomic mass is 10.2. The van der Waals surface area contributed by atoms with Gasteiger partial charge in [-0.05, 0) is 51.0 Å². The zero-order valence-electron chi connectivity index (χ0n) is 6.61. The van der Waals surface area contributed by atoms with Crippen LogP contribution in [0.25, 0.3) is 0 Å². The fraction of sp³-hybridized carbons (Fsp3) is 0.111. The quantitative estimate of drug-likeness (QED) is 0.839. The molecule has 0 aromatic carbocycles. The molecule has 0 aliphatic carbocycles. The molecule has 13 heavy (non-hydrogen) atoms. The Balaban J connectivity index is 2.28. The van der Waals surface area contributed by atoms with Gasteiger partial charge in [0, 0.05) is 4.88 Å².